The highest BCUT2D eigenvalue weighted by molar-refractivity contribution is 8.04. The molecular formula is C21H18Cl2N4OS2. The zero-order valence-corrected chi connectivity index (χ0v) is 18.9. The lowest BCUT2D eigenvalue weighted by Gasteiger charge is -2.25. The summed E-state index contributed by atoms with van der Waals surface area (Å²) in [5, 5.41) is 8.57. The number of nitrogens with zero attached hydrogens (tertiary/aromatic N) is 2. The normalized spacial score (nSPS) is 17.7. The van der Waals surface area contributed by atoms with Crippen LogP contribution in [0.5, 0.6) is 0 Å². The minimum absolute atomic E-state index is 0.112. The molecular weight excluding hydrogens is 459 g/mol. The summed E-state index contributed by atoms with van der Waals surface area (Å²) in [6.45, 7) is 1.17. The van der Waals surface area contributed by atoms with Gasteiger partial charge in [0.15, 0.2) is 5.13 Å². The third-order valence-corrected chi connectivity index (χ3v) is 7.04. The van der Waals surface area contributed by atoms with E-state index in [1.807, 2.05) is 60.0 Å². The van der Waals surface area contributed by atoms with E-state index in [2.05, 4.69) is 15.7 Å². The zero-order valence-electron chi connectivity index (χ0n) is 15.7. The number of benzene rings is 2. The van der Waals surface area contributed by atoms with Gasteiger partial charge in [0.2, 0.25) is 0 Å². The Morgan fingerprint density at radius 2 is 1.83 bits per heavy atom. The number of anilines is 1. The number of carbonyl (C=O) groups excluding carboxylic acids is 1. The molecule has 1 atom stereocenters. The first-order chi connectivity index (χ1) is 14.6. The molecule has 4 rings (SSSR count). The van der Waals surface area contributed by atoms with Crippen LogP contribution < -0.4 is 10.7 Å². The molecule has 0 bridgehead atoms. The minimum atomic E-state index is -0.278. The predicted octanol–water partition coefficient (Wildman–Crippen LogP) is 5.68. The second-order valence-electron chi connectivity index (χ2n) is 6.37. The maximum Gasteiger partial charge on any atom is 0.275 e. The molecule has 0 aliphatic carbocycles. The predicted molar refractivity (Wildman–Crippen MR) is 127 cm³/mol. The van der Waals surface area contributed by atoms with Crippen molar-refractivity contribution >= 4 is 63.4 Å². The summed E-state index contributed by atoms with van der Waals surface area (Å²) in [5.74, 6) is -0.112. The monoisotopic (exact) mass is 476 g/mol. The molecule has 5 nitrogen and oxygen atoms in total. The molecule has 1 aliphatic heterocycles. The lowest BCUT2D eigenvalue weighted by molar-refractivity contribution is -0.129. The van der Waals surface area contributed by atoms with Gasteiger partial charge in [-0.25, -0.2) is 10.4 Å². The molecule has 0 spiro atoms. The summed E-state index contributed by atoms with van der Waals surface area (Å²) in [6, 6.07) is 15.0. The van der Waals surface area contributed by atoms with Crippen LogP contribution in [0.25, 0.3) is 6.08 Å². The van der Waals surface area contributed by atoms with Gasteiger partial charge >= 0.3 is 0 Å². The van der Waals surface area contributed by atoms with Gasteiger partial charge in [-0.1, -0.05) is 71.4 Å². The Morgan fingerprint density at radius 3 is 2.57 bits per heavy atom. The van der Waals surface area contributed by atoms with E-state index in [4.69, 9.17) is 23.2 Å². The molecule has 154 valence electrons. The van der Waals surface area contributed by atoms with Crippen molar-refractivity contribution in [1.82, 2.24) is 15.4 Å². The van der Waals surface area contributed by atoms with Gasteiger partial charge in [0, 0.05) is 40.3 Å². The van der Waals surface area contributed by atoms with E-state index in [0.717, 1.165) is 16.3 Å². The summed E-state index contributed by atoms with van der Waals surface area (Å²) >= 11 is 15.7. The van der Waals surface area contributed by atoms with Crippen molar-refractivity contribution in [1.29, 1.82) is 0 Å². The first-order valence-electron chi connectivity index (χ1n) is 9.21. The Bertz CT molecular complexity index is 1060. The van der Waals surface area contributed by atoms with E-state index < -0.39 is 0 Å². The summed E-state index contributed by atoms with van der Waals surface area (Å²) < 4.78 is 0. The van der Waals surface area contributed by atoms with Gasteiger partial charge in [0.25, 0.3) is 5.91 Å². The third-order valence-electron chi connectivity index (χ3n) is 4.38. The molecule has 1 unspecified atom stereocenters. The van der Waals surface area contributed by atoms with Gasteiger partial charge in [-0.05, 0) is 23.8 Å². The van der Waals surface area contributed by atoms with Gasteiger partial charge in [0.05, 0.1) is 4.91 Å². The Hall–Kier alpha value is -2.03. The number of hydrogen-bond acceptors (Lipinski definition) is 6. The highest BCUT2D eigenvalue weighted by atomic mass is 35.5. The van der Waals surface area contributed by atoms with Crippen LogP contribution in [0, 0.1) is 0 Å². The average Bonchev–Trinajstić information content (AvgIpc) is 3.36. The largest absolute Gasteiger partial charge is 0.360 e. The fourth-order valence-corrected chi connectivity index (χ4v) is 5.26. The smallest absolute Gasteiger partial charge is 0.275 e. The number of rotatable bonds is 7. The molecule has 0 radical (unpaired) electrons. The summed E-state index contributed by atoms with van der Waals surface area (Å²) in [7, 11) is 0. The highest BCUT2D eigenvalue weighted by Gasteiger charge is 2.38. The number of thioether (sulfide) groups is 1. The first-order valence-corrected chi connectivity index (χ1v) is 11.7. The van der Waals surface area contributed by atoms with Gasteiger partial charge in [-0.15, -0.1) is 11.3 Å². The molecule has 1 saturated heterocycles. The molecule has 2 N–H and O–H groups in total. The Balaban J connectivity index is 1.55. The van der Waals surface area contributed by atoms with E-state index in [-0.39, 0.29) is 11.3 Å². The number of amides is 1. The topological polar surface area (TPSA) is 57.3 Å². The second-order valence-corrected chi connectivity index (χ2v) is 9.20. The van der Waals surface area contributed by atoms with Crippen molar-refractivity contribution in [3.05, 3.63) is 86.2 Å². The molecule has 2 aromatic carbocycles. The van der Waals surface area contributed by atoms with Crippen molar-refractivity contribution in [2.45, 2.75) is 5.37 Å². The Kier molecular flexibility index (Phi) is 6.97. The minimum Gasteiger partial charge on any atom is -0.360 e. The molecule has 30 heavy (non-hydrogen) atoms. The molecule has 2 heterocycles. The van der Waals surface area contributed by atoms with Gasteiger partial charge < -0.3 is 5.32 Å². The van der Waals surface area contributed by atoms with Crippen LogP contribution in [0.1, 0.15) is 16.5 Å². The molecule has 3 aromatic rings. The number of aromatic nitrogens is 1. The summed E-state index contributed by atoms with van der Waals surface area (Å²) in [4.78, 5) is 18.0. The molecule has 1 fully saturated rings. The molecule has 1 aliphatic rings. The van der Waals surface area contributed by atoms with Gasteiger partial charge in [0.1, 0.15) is 5.37 Å². The number of halogens is 2. The fourth-order valence-electron chi connectivity index (χ4n) is 2.97. The average molecular weight is 477 g/mol. The van der Waals surface area contributed by atoms with Crippen molar-refractivity contribution in [3.8, 4) is 0 Å². The zero-order chi connectivity index (χ0) is 20.9. The van der Waals surface area contributed by atoms with Crippen LogP contribution in [-0.2, 0) is 4.79 Å². The third kappa shape index (κ3) is 4.82. The van der Waals surface area contributed by atoms with Crippen LogP contribution in [0.4, 0.5) is 5.13 Å². The lowest BCUT2D eigenvalue weighted by atomic mass is 10.2. The maximum absolute atomic E-state index is 13.2. The first kappa shape index (κ1) is 21.2. The molecule has 0 saturated carbocycles. The molecule has 1 amide bonds. The van der Waals surface area contributed by atoms with Crippen molar-refractivity contribution < 1.29 is 4.79 Å². The van der Waals surface area contributed by atoms with E-state index >= 15 is 0 Å². The number of carbonyl (C=O) groups is 1. The Morgan fingerprint density at radius 1 is 1.07 bits per heavy atom. The number of nitrogens with one attached hydrogen (secondary N) is 2. The fraction of sp³-hybridized carbons (Fsp3) is 0.143. The van der Waals surface area contributed by atoms with Crippen molar-refractivity contribution in [2.24, 2.45) is 0 Å². The number of hydrazine groups is 1. The van der Waals surface area contributed by atoms with Crippen LogP contribution in [0.3, 0.4) is 0 Å². The van der Waals surface area contributed by atoms with E-state index in [1.54, 1.807) is 11.2 Å². The molecule has 1 aromatic heterocycles. The van der Waals surface area contributed by atoms with E-state index in [0.29, 0.717) is 28.0 Å². The summed E-state index contributed by atoms with van der Waals surface area (Å²) in [6.07, 6.45) is 3.58. The van der Waals surface area contributed by atoms with Crippen LogP contribution in [0.2, 0.25) is 10.0 Å². The highest BCUT2D eigenvalue weighted by Crippen LogP contribution is 2.47. The van der Waals surface area contributed by atoms with Gasteiger partial charge in [-0.3, -0.25) is 9.80 Å². The SMILES string of the molecule is O=C1/C(=C\c2ccccc2Cl)SC(c2ccccc2Cl)N1NCCNc1nccs1. The summed E-state index contributed by atoms with van der Waals surface area (Å²) in [5.41, 5.74) is 4.93. The Labute approximate surface area is 193 Å². The standard InChI is InChI=1S/C21H18Cl2N4OS2/c22-16-7-3-1-5-14(16)13-18-19(28)27(26-10-9-24-21-25-11-12-29-21)20(30-18)15-6-2-4-8-17(15)23/h1-8,11-13,20,26H,9-10H2,(H,24,25)/b18-13+. The van der Waals surface area contributed by atoms with Crippen molar-refractivity contribution in [3.63, 3.8) is 0 Å². The number of thiazole rings is 1. The van der Waals surface area contributed by atoms with Crippen LogP contribution in [-0.4, -0.2) is 29.0 Å². The van der Waals surface area contributed by atoms with Gasteiger partial charge in [-0.2, -0.15) is 0 Å². The quantitative estimate of drug-likeness (QED) is 0.339. The van der Waals surface area contributed by atoms with Crippen LogP contribution >= 0.6 is 46.3 Å². The maximum atomic E-state index is 13.2. The molecule has 9 heteroatoms. The van der Waals surface area contributed by atoms with Crippen molar-refractivity contribution in [2.75, 3.05) is 18.4 Å². The number of hydrogen-bond donors (Lipinski definition) is 2. The van der Waals surface area contributed by atoms with Crippen LogP contribution in [0.15, 0.2) is 65.0 Å². The lowest BCUT2D eigenvalue weighted by Crippen LogP contribution is -2.42. The van der Waals surface area contributed by atoms with E-state index in [9.17, 15) is 4.79 Å². The van der Waals surface area contributed by atoms with E-state index in [1.165, 1.54) is 23.1 Å². The second kappa shape index (κ2) is 9.85.